The van der Waals surface area contributed by atoms with E-state index in [0.717, 1.165) is 0 Å². The maximum atomic E-state index is 11.3. The van der Waals surface area contributed by atoms with Crippen LogP contribution in [-0.4, -0.2) is 12.0 Å². The Balaban J connectivity index is 2.69. The minimum absolute atomic E-state index is 0.0856. The van der Waals surface area contributed by atoms with Crippen molar-refractivity contribution < 1.29 is 4.79 Å². The van der Waals surface area contributed by atoms with Crippen LogP contribution in [0.15, 0.2) is 23.2 Å². The van der Waals surface area contributed by atoms with E-state index in [4.69, 9.17) is 11.6 Å². The van der Waals surface area contributed by atoms with Gasteiger partial charge in [0.15, 0.2) is 5.78 Å². The van der Waals surface area contributed by atoms with E-state index in [0.29, 0.717) is 22.7 Å². The van der Waals surface area contributed by atoms with Crippen molar-refractivity contribution in [3.05, 3.63) is 28.8 Å². The number of hydrogen-bond donors (Lipinski definition) is 0. The molecule has 1 aromatic rings. The zero-order chi connectivity index (χ0) is 8.55. The number of nitrogens with zero attached hydrogens (tertiary/aromatic N) is 1. The van der Waals surface area contributed by atoms with Gasteiger partial charge < -0.3 is 0 Å². The molecular weight excluding hydrogens is 174 g/mol. The lowest BCUT2D eigenvalue weighted by Crippen LogP contribution is -2.04. The zero-order valence-corrected chi connectivity index (χ0v) is 7.01. The molecule has 0 aliphatic carbocycles. The molecular formula is C9H6ClNO. The molecule has 1 aliphatic rings. The Labute approximate surface area is 74.9 Å². The first kappa shape index (κ1) is 7.50. The highest BCUT2D eigenvalue weighted by atomic mass is 35.5. The second kappa shape index (κ2) is 2.72. The van der Waals surface area contributed by atoms with Crippen LogP contribution >= 0.6 is 11.6 Å². The van der Waals surface area contributed by atoms with Crippen LogP contribution < -0.4 is 0 Å². The van der Waals surface area contributed by atoms with E-state index < -0.39 is 0 Å². The minimum atomic E-state index is 0.0856. The molecule has 0 spiro atoms. The smallest absolute Gasteiger partial charge is 0.170 e. The zero-order valence-electron chi connectivity index (χ0n) is 6.25. The van der Waals surface area contributed by atoms with E-state index in [1.54, 1.807) is 24.4 Å². The summed E-state index contributed by atoms with van der Waals surface area (Å²) in [5, 5.41) is 0.539. The van der Waals surface area contributed by atoms with Crippen LogP contribution in [0.2, 0.25) is 5.02 Å². The van der Waals surface area contributed by atoms with Crippen LogP contribution in [0.1, 0.15) is 16.8 Å². The number of rotatable bonds is 0. The number of ketones is 1. The van der Waals surface area contributed by atoms with Gasteiger partial charge in [0.1, 0.15) is 0 Å². The topological polar surface area (TPSA) is 29.4 Å². The Morgan fingerprint density at radius 3 is 3.00 bits per heavy atom. The minimum Gasteiger partial charge on any atom is -0.294 e. The number of hydrogen-bond acceptors (Lipinski definition) is 2. The summed E-state index contributed by atoms with van der Waals surface area (Å²) in [4.78, 5) is 15.4. The molecule has 0 saturated heterocycles. The molecule has 60 valence electrons. The van der Waals surface area contributed by atoms with Gasteiger partial charge in [-0.25, -0.2) is 0 Å². The number of benzene rings is 1. The molecule has 2 rings (SSSR count). The van der Waals surface area contributed by atoms with Gasteiger partial charge in [0, 0.05) is 18.2 Å². The second-order valence-electron chi connectivity index (χ2n) is 2.57. The Morgan fingerprint density at radius 1 is 1.42 bits per heavy atom. The summed E-state index contributed by atoms with van der Waals surface area (Å²) >= 11 is 5.84. The standard InChI is InChI=1S/C9H6ClNO/c10-7-3-1-2-6-8(12)4-5-11-9(6)7/h1-3,5H,4H2. The highest BCUT2D eigenvalue weighted by Gasteiger charge is 2.15. The molecule has 0 bridgehead atoms. The maximum Gasteiger partial charge on any atom is 0.170 e. The number of carbonyl (C=O) groups is 1. The highest BCUT2D eigenvalue weighted by Crippen LogP contribution is 2.31. The molecule has 0 radical (unpaired) electrons. The Bertz CT molecular complexity index is 371. The number of Topliss-reactive ketones (excluding diaryl/α,β-unsaturated/α-hetero) is 1. The summed E-state index contributed by atoms with van der Waals surface area (Å²) in [7, 11) is 0. The largest absolute Gasteiger partial charge is 0.294 e. The summed E-state index contributed by atoms with van der Waals surface area (Å²) in [6.07, 6.45) is 1.98. The molecule has 1 aliphatic heterocycles. The molecule has 0 atom stereocenters. The lowest BCUT2D eigenvalue weighted by molar-refractivity contribution is 0.100. The molecule has 12 heavy (non-hydrogen) atoms. The molecule has 0 aromatic heterocycles. The van der Waals surface area contributed by atoms with Crippen LogP contribution in [0.4, 0.5) is 5.69 Å². The third-order valence-corrected chi connectivity index (χ3v) is 2.09. The monoisotopic (exact) mass is 179 g/mol. The van der Waals surface area contributed by atoms with Crippen LogP contribution in [-0.2, 0) is 0 Å². The molecule has 1 heterocycles. The van der Waals surface area contributed by atoms with Crippen molar-refractivity contribution in [1.29, 1.82) is 0 Å². The van der Waals surface area contributed by atoms with Crippen LogP contribution in [0.25, 0.3) is 0 Å². The molecule has 0 amide bonds. The summed E-state index contributed by atoms with van der Waals surface area (Å²) in [6.45, 7) is 0. The predicted molar refractivity (Wildman–Crippen MR) is 48.6 cm³/mol. The van der Waals surface area contributed by atoms with Crippen molar-refractivity contribution in [2.45, 2.75) is 6.42 Å². The molecule has 0 N–H and O–H groups in total. The molecule has 1 aromatic carbocycles. The van der Waals surface area contributed by atoms with E-state index in [1.807, 2.05) is 0 Å². The molecule has 0 saturated carbocycles. The summed E-state index contributed by atoms with van der Waals surface area (Å²) in [5.74, 6) is 0.0856. The van der Waals surface area contributed by atoms with E-state index in [1.165, 1.54) is 0 Å². The van der Waals surface area contributed by atoms with Gasteiger partial charge in [-0.1, -0.05) is 17.7 Å². The van der Waals surface area contributed by atoms with Gasteiger partial charge in [0.25, 0.3) is 0 Å². The van der Waals surface area contributed by atoms with E-state index in [9.17, 15) is 4.79 Å². The molecule has 2 nitrogen and oxygen atoms in total. The fourth-order valence-corrected chi connectivity index (χ4v) is 1.42. The van der Waals surface area contributed by atoms with Gasteiger partial charge in [-0.05, 0) is 12.1 Å². The predicted octanol–water partition coefficient (Wildman–Crippen LogP) is 2.63. The SMILES string of the molecule is O=C1CC=Nc2c(Cl)cccc21. The van der Waals surface area contributed by atoms with Gasteiger partial charge in [-0.2, -0.15) is 0 Å². The van der Waals surface area contributed by atoms with Crippen LogP contribution in [0.5, 0.6) is 0 Å². The fraction of sp³-hybridized carbons (Fsp3) is 0.111. The van der Waals surface area contributed by atoms with Crippen molar-refractivity contribution in [1.82, 2.24) is 0 Å². The van der Waals surface area contributed by atoms with E-state index >= 15 is 0 Å². The first-order chi connectivity index (χ1) is 5.79. The summed E-state index contributed by atoms with van der Waals surface area (Å²) < 4.78 is 0. The van der Waals surface area contributed by atoms with Crippen LogP contribution in [0.3, 0.4) is 0 Å². The normalized spacial score (nSPS) is 14.6. The van der Waals surface area contributed by atoms with Crippen molar-refractivity contribution >= 4 is 29.3 Å². The average molecular weight is 180 g/mol. The maximum absolute atomic E-state index is 11.3. The average Bonchev–Trinajstić information content (AvgIpc) is 2.07. The Hall–Kier alpha value is -1.15. The van der Waals surface area contributed by atoms with Crippen molar-refractivity contribution in [2.24, 2.45) is 4.99 Å². The molecule has 3 heteroatoms. The van der Waals surface area contributed by atoms with Crippen molar-refractivity contribution in [3.8, 4) is 0 Å². The van der Waals surface area contributed by atoms with Gasteiger partial charge >= 0.3 is 0 Å². The molecule has 0 unspecified atom stereocenters. The highest BCUT2D eigenvalue weighted by molar-refractivity contribution is 6.34. The van der Waals surface area contributed by atoms with Gasteiger partial charge in [0.2, 0.25) is 0 Å². The molecule has 0 fully saturated rings. The van der Waals surface area contributed by atoms with Gasteiger partial charge in [0.05, 0.1) is 10.7 Å². The third-order valence-electron chi connectivity index (χ3n) is 1.78. The summed E-state index contributed by atoms with van der Waals surface area (Å²) in [5.41, 5.74) is 1.24. The van der Waals surface area contributed by atoms with E-state index in [-0.39, 0.29) is 5.78 Å². The van der Waals surface area contributed by atoms with Gasteiger partial charge in [-0.15, -0.1) is 0 Å². The summed E-state index contributed by atoms with van der Waals surface area (Å²) in [6, 6.07) is 5.25. The number of halogens is 1. The number of aliphatic imine (C=N–C) groups is 1. The number of para-hydroxylation sites is 1. The van der Waals surface area contributed by atoms with Crippen molar-refractivity contribution in [2.75, 3.05) is 0 Å². The first-order valence-electron chi connectivity index (χ1n) is 3.63. The lowest BCUT2D eigenvalue weighted by atomic mass is 10.0. The number of carbonyl (C=O) groups excluding carboxylic acids is 1. The lowest BCUT2D eigenvalue weighted by Gasteiger charge is -2.08. The third kappa shape index (κ3) is 1.04. The quantitative estimate of drug-likeness (QED) is 0.602. The van der Waals surface area contributed by atoms with E-state index in [2.05, 4.69) is 4.99 Å². The van der Waals surface area contributed by atoms with Crippen molar-refractivity contribution in [3.63, 3.8) is 0 Å². The Kier molecular flexibility index (Phi) is 1.70. The Morgan fingerprint density at radius 2 is 2.25 bits per heavy atom. The van der Waals surface area contributed by atoms with Gasteiger partial charge in [-0.3, -0.25) is 9.79 Å². The van der Waals surface area contributed by atoms with Crippen LogP contribution in [0, 0.1) is 0 Å². The number of fused-ring (bicyclic) bond motifs is 1. The first-order valence-corrected chi connectivity index (χ1v) is 4.01. The fourth-order valence-electron chi connectivity index (χ4n) is 1.20. The second-order valence-corrected chi connectivity index (χ2v) is 2.98.